The van der Waals surface area contributed by atoms with Crippen molar-refractivity contribution in [3.8, 4) is 0 Å². The van der Waals surface area contributed by atoms with Gasteiger partial charge in [-0.2, -0.15) is 0 Å². The van der Waals surface area contributed by atoms with Crippen molar-refractivity contribution in [1.29, 1.82) is 0 Å². The zero-order chi connectivity index (χ0) is 14.6. The van der Waals surface area contributed by atoms with E-state index >= 15 is 0 Å². The minimum atomic E-state index is -0.253. The highest BCUT2D eigenvalue weighted by Gasteiger charge is 2.35. The van der Waals surface area contributed by atoms with E-state index in [4.69, 9.17) is 0 Å². The SMILES string of the molecule is CN(C)Cc1ccccc1CNC(=O)C1(C)CCNC1.Cl.Cl. The van der Waals surface area contributed by atoms with Crippen LogP contribution in [0.3, 0.4) is 0 Å². The lowest BCUT2D eigenvalue weighted by Crippen LogP contribution is -2.40. The third kappa shape index (κ3) is 5.43. The fraction of sp³-hybridized carbons (Fsp3) is 0.562. The van der Waals surface area contributed by atoms with Crippen molar-refractivity contribution in [3.63, 3.8) is 0 Å². The summed E-state index contributed by atoms with van der Waals surface area (Å²) in [6.45, 7) is 5.25. The van der Waals surface area contributed by atoms with Crippen molar-refractivity contribution in [2.24, 2.45) is 5.41 Å². The molecule has 22 heavy (non-hydrogen) atoms. The number of amides is 1. The molecule has 1 aliphatic heterocycles. The van der Waals surface area contributed by atoms with Gasteiger partial charge in [-0.15, -0.1) is 24.8 Å². The minimum Gasteiger partial charge on any atom is -0.351 e. The van der Waals surface area contributed by atoms with E-state index in [0.717, 1.165) is 26.1 Å². The fourth-order valence-corrected chi connectivity index (χ4v) is 2.62. The number of hydrogen-bond acceptors (Lipinski definition) is 3. The molecule has 1 unspecified atom stereocenters. The molecule has 1 saturated heterocycles. The molecule has 2 N–H and O–H groups in total. The molecule has 0 spiro atoms. The molecule has 1 aliphatic rings. The highest BCUT2D eigenvalue weighted by Crippen LogP contribution is 2.24. The van der Waals surface area contributed by atoms with Gasteiger partial charge in [0.05, 0.1) is 5.41 Å². The molecule has 4 nitrogen and oxygen atoms in total. The molecule has 2 rings (SSSR count). The standard InChI is InChI=1S/C16H25N3O.2ClH/c1-16(8-9-17-12-16)15(20)18-10-13-6-4-5-7-14(13)11-19(2)3;;/h4-7,17H,8-12H2,1-3H3,(H,18,20);2*1H. The first-order chi connectivity index (χ1) is 9.51. The van der Waals surface area contributed by atoms with Crippen LogP contribution in [0.25, 0.3) is 0 Å². The maximum atomic E-state index is 12.3. The number of halogens is 2. The lowest BCUT2D eigenvalue weighted by molar-refractivity contribution is -0.129. The van der Waals surface area contributed by atoms with Gasteiger partial charge in [-0.05, 0) is 45.1 Å². The second-order valence-electron chi connectivity index (χ2n) is 6.18. The average molecular weight is 348 g/mol. The van der Waals surface area contributed by atoms with Gasteiger partial charge < -0.3 is 15.5 Å². The number of carbonyl (C=O) groups excluding carboxylic acids is 1. The number of nitrogens with zero attached hydrogens (tertiary/aromatic N) is 1. The van der Waals surface area contributed by atoms with E-state index in [0.29, 0.717) is 6.54 Å². The van der Waals surface area contributed by atoms with Gasteiger partial charge in [0.1, 0.15) is 0 Å². The number of hydrogen-bond donors (Lipinski definition) is 2. The van der Waals surface area contributed by atoms with Crippen LogP contribution in [0.15, 0.2) is 24.3 Å². The van der Waals surface area contributed by atoms with Crippen molar-refractivity contribution in [2.75, 3.05) is 27.2 Å². The monoisotopic (exact) mass is 347 g/mol. The van der Waals surface area contributed by atoms with Crippen LogP contribution in [0, 0.1) is 5.41 Å². The molecule has 0 bridgehead atoms. The van der Waals surface area contributed by atoms with Crippen LogP contribution in [-0.2, 0) is 17.9 Å². The van der Waals surface area contributed by atoms with Gasteiger partial charge in [0.2, 0.25) is 5.91 Å². The largest absolute Gasteiger partial charge is 0.351 e. The van der Waals surface area contributed by atoms with E-state index in [1.54, 1.807) is 0 Å². The second kappa shape index (κ2) is 9.36. The summed E-state index contributed by atoms with van der Waals surface area (Å²) in [7, 11) is 4.11. The molecular weight excluding hydrogens is 321 g/mol. The first-order valence-corrected chi connectivity index (χ1v) is 7.22. The maximum Gasteiger partial charge on any atom is 0.227 e. The molecule has 0 aliphatic carbocycles. The van der Waals surface area contributed by atoms with Gasteiger partial charge in [-0.3, -0.25) is 4.79 Å². The van der Waals surface area contributed by atoms with Crippen molar-refractivity contribution in [3.05, 3.63) is 35.4 Å². The van der Waals surface area contributed by atoms with E-state index in [9.17, 15) is 4.79 Å². The zero-order valence-electron chi connectivity index (χ0n) is 13.5. The van der Waals surface area contributed by atoms with Gasteiger partial charge >= 0.3 is 0 Å². The fourth-order valence-electron chi connectivity index (χ4n) is 2.62. The van der Waals surface area contributed by atoms with Gasteiger partial charge in [-0.1, -0.05) is 24.3 Å². The van der Waals surface area contributed by atoms with Crippen molar-refractivity contribution in [2.45, 2.75) is 26.4 Å². The Labute approximate surface area is 145 Å². The summed E-state index contributed by atoms with van der Waals surface area (Å²) in [5.74, 6) is 0.155. The molecule has 1 fully saturated rings. The molecule has 1 heterocycles. The third-order valence-corrected chi connectivity index (χ3v) is 3.96. The van der Waals surface area contributed by atoms with E-state index in [2.05, 4.69) is 41.8 Å². The normalized spacial score (nSPS) is 20.2. The molecular formula is C16H27Cl2N3O. The van der Waals surface area contributed by atoms with Crippen LogP contribution in [0.5, 0.6) is 0 Å². The van der Waals surface area contributed by atoms with Crippen LogP contribution >= 0.6 is 24.8 Å². The number of carbonyl (C=O) groups is 1. The van der Waals surface area contributed by atoms with Crippen LogP contribution < -0.4 is 10.6 Å². The van der Waals surface area contributed by atoms with Gasteiger partial charge in [-0.25, -0.2) is 0 Å². The zero-order valence-corrected chi connectivity index (χ0v) is 15.1. The summed E-state index contributed by atoms with van der Waals surface area (Å²) in [4.78, 5) is 14.5. The van der Waals surface area contributed by atoms with E-state index in [-0.39, 0.29) is 36.1 Å². The molecule has 126 valence electrons. The smallest absolute Gasteiger partial charge is 0.227 e. The van der Waals surface area contributed by atoms with Gasteiger partial charge in [0.25, 0.3) is 0 Å². The van der Waals surface area contributed by atoms with Crippen molar-refractivity contribution >= 4 is 30.7 Å². The topological polar surface area (TPSA) is 44.4 Å². The Kier molecular flexibility index (Phi) is 9.01. The third-order valence-electron chi connectivity index (χ3n) is 3.96. The summed E-state index contributed by atoms with van der Waals surface area (Å²) in [6.07, 6.45) is 0.915. The number of rotatable bonds is 5. The minimum absolute atomic E-state index is 0. The Bertz CT molecular complexity index is 474. The molecule has 1 amide bonds. The lowest BCUT2D eigenvalue weighted by atomic mass is 9.88. The summed E-state index contributed by atoms with van der Waals surface area (Å²) >= 11 is 0. The second-order valence-corrected chi connectivity index (χ2v) is 6.18. The first kappa shape index (κ1) is 21.2. The Morgan fingerprint density at radius 2 is 1.91 bits per heavy atom. The van der Waals surface area contributed by atoms with Crippen LogP contribution in [0.1, 0.15) is 24.5 Å². The summed E-state index contributed by atoms with van der Waals surface area (Å²) < 4.78 is 0. The Hall–Kier alpha value is -0.810. The molecule has 6 heteroatoms. The van der Waals surface area contributed by atoms with Gasteiger partial charge in [0, 0.05) is 19.6 Å². The van der Waals surface area contributed by atoms with Crippen LogP contribution in [-0.4, -0.2) is 38.0 Å². The number of nitrogens with one attached hydrogen (secondary N) is 2. The number of benzene rings is 1. The van der Waals surface area contributed by atoms with Crippen LogP contribution in [0.4, 0.5) is 0 Å². The quantitative estimate of drug-likeness (QED) is 0.858. The highest BCUT2D eigenvalue weighted by atomic mass is 35.5. The molecule has 0 radical (unpaired) electrons. The van der Waals surface area contributed by atoms with E-state index in [1.165, 1.54) is 11.1 Å². The molecule has 1 aromatic carbocycles. The highest BCUT2D eigenvalue weighted by molar-refractivity contribution is 5.85. The molecule has 0 saturated carbocycles. The summed E-state index contributed by atoms with van der Waals surface area (Å²) in [5.41, 5.74) is 2.22. The summed E-state index contributed by atoms with van der Waals surface area (Å²) in [5, 5.41) is 6.36. The lowest BCUT2D eigenvalue weighted by Gasteiger charge is -2.22. The predicted molar refractivity (Wildman–Crippen MR) is 95.8 cm³/mol. The van der Waals surface area contributed by atoms with Crippen molar-refractivity contribution in [1.82, 2.24) is 15.5 Å². The molecule has 1 atom stereocenters. The average Bonchev–Trinajstić information content (AvgIpc) is 2.85. The van der Waals surface area contributed by atoms with E-state index in [1.807, 2.05) is 19.1 Å². The Morgan fingerprint density at radius 1 is 1.27 bits per heavy atom. The van der Waals surface area contributed by atoms with E-state index < -0.39 is 0 Å². The van der Waals surface area contributed by atoms with Crippen LogP contribution in [0.2, 0.25) is 0 Å². The maximum absolute atomic E-state index is 12.3. The van der Waals surface area contributed by atoms with Gasteiger partial charge in [0.15, 0.2) is 0 Å². The predicted octanol–water partition coefficient (Wildman–Crippen LogP) is 2.21. The summed E-state index contributed by atoms with van der Waals surface area (Å²) in [6, 6.07) is 8.29. The van der Waals surface area contributed by atoms with Crippen molar-refractivity contribution < 1.29 is 4.79 Å². The Balaban J connectivity index is 0.00000220. The molecule has 0 aromatic heterocycles. The molecule has 1 aromatic rings. The Morgan fingerprint density at radius 3 is 2.45 bits per heavy atom. The first-order valence-electron chi connectivity index (χ1n) is 7.22.